The van der Waals surface area contributed by atoms with Gasteiger partial charge < -0.3 is 8.98 Å². The van der Waals surface area contributed by atoms with Crippen LogP contribution in [0.5, 0.6) is 0 Å². The SMILES string of the molecule is [2H]c1cc2c(oc3c([2H])cc([2H])c(-n4c5ccccc5c5ccccc54)c32)c([2H])c1-c1nc(-c2ccccc2)nc(-c2ccccc2)n1. The monoisotopic (exact) mass is 568 g/mol. The van der Waals surface area contributed by atoms with Crippen LogP contribution >= 0.6 is 0 Å². The van der Waals surface area contributed by atoms with Crippen molar-refractivity contribution in [2.45, 2.75) is 0 Å². The van der Waals surface area contributed by atoms with E-state index in [1.807, 2.05) is 102 Å². The molecule has 5 heteroatoms. The average Bonchev–Trinajstić information content (AvgIpc) is 3.66. The Morgan fingerprint density at radius 3 is 1.64 bits per heavy atom. The summed E-state index contributed by atoms with van der Waals surface area (Å²) >= 11 is 0. The number of aromatic nitrogens is 4. The second-order valence-corrected chi connectivity index (χ2v) is 10.5. The summed E-state index contributed by atoms with van der Waals surface area (Å²) in [6.07, 6.45) is 0. The Balaban J connectivity index is 1.35. The molecule has 0 saturated carbocycles. The molecule has 3 aromatic heterocycles. The van der Waals surface area contributed by atoms with Crippen LogP contribution in [0, 0.1) is 0 Å². The van der Waals surface area contributed by atoms with Crippen molar-refractivity contribution in [2.75, 3.05) is 0 Å². The lowest BCUT2D eigenvalue weighted by molar-refractivity contribution is 0.669. The number of furan rings is 1. The standard InChI is InChI=1S/C39H24N4O/c1-3-12-25(13-4-1)37-40-38(26-14-5-2-6-15-26)42-39(41-37)27-22-23-30-35(24-27)44-34-21-11-20-33(36(30)34)43-31-18-9-7-16-28(31)29-17-8-10-19-32(29)43/h1-24H/i20D,21D,22D,24D. The Morgan fingerprint density at radius 1 is 0.477 bits per heavy atom. The topological polar surface area (TPSA) is 56.7 Å². The van der Waals surface area contributed by atoms with Gasteiger partial charge in [-0.15, -0.1) is 0 Å². The molecule has 0 fully saturated rings. The van der Waals surface area contributed by atoms with E-state index < -0.39 is 0 Å². The first kappa shape index (κ1) is 20.8. The summed E-state index contributed by atoms with van der Waals surface area (Å²) in [6, 6.07) is 38.3. The maximum absolute atomic E-state index is 9.40. The van der Waals surface area contributed by atoms with E-state index in [1.165, 1.54) is 6.07 Å². The highest BCUT2D eigenvalue weighted by Gasteiger charge is 2.19. The number of hydrogen-bond donors (Lipinski definition) is 0. The second kappa shape index (κ2) is 9.75. The number of hydrogen-bond acceptors (Lipinski definition) is 4. The molecule has 206 valence electrons. The van der Waals surface area contributed by atoms with Gasteiger partial charge in [0.05, 0.1) is 27.6 Å². The number of rotatable bonds is 4. The molecule has 0 amide bonds. The van der Waals surface area contributed by atoms with Crippen LogP contribution in [0.25, 0.3) is 83.6 Å². The first-order valence-corrected chi connectivity index (χ1v) is 14.3. The molecule has 0 radical (unpaired) electrons. The first-order valence-electron chi connectivity index (χ1n) is 16.3. The van der Waals surface area contributed by atoms with Crippen LogP contribution in [0.2, 0.25) is 0 Å². The average molecular weight is 569 g/mol. The zero-order valence-corrected chi connectivity index (χ0v) is 23.2. The Hall–Kier alpha value is -6.07. The minimum Gasteiger partial charge on any atom is -0.456 e. The number of benzene rings is 6. The van der Waals surface area contributed by atoms with Gasteiger partial charge in [0.1, 0.15) is 11.2 Å². The first-order chi connectivity index (χ1) is 23.5. The third-order valence-electron chi connectivity index (χ3n) is 7.92. The lowest BCUT2D eigenvalue weighted by Gasteiger charge is -2.10. The van der Waals surface area contributed by atoms with Gasteiger partial charge in [-0.05, 0) is 36.3 Å². The minimum atomic E-state index is -0.0722. The summed E-state index contributed by atoms with van der Waals surface area (Å²) in [5.41, 5.74) is 4.52. The Morgan fingerprint density at radius 2 is 1.02 bits per heavy atom. The maximum Gasteiger partial charge on any atom is 0.164 e. The zero-order chi connectivity index (χ0) is 32.5. The molecular weight excluding hydrogens is 540 g/mol. The van der Waals surface area contributed by atoms with Crippen molar-refractivity contribution in [3.8, 4) is 39.9 Å². The predicted octanol–water partition coefficient (Wildman–Crippen LogP) is 9.87. The van der Waals surface area contributed by atoms with Gasteiger partial charge in [-0.2, -0.15) is 0 Å². The van der Waals surface area contributed by atoms with E-state index in [-0.39, 0.29) is 46.7 Å². The third kappa shape index (κ3) is 3.83. The summed E-state index contributed by atoms with van der Waals surface area (Å²) in [5.74, 6) is 1.02. The highest BCUT2D eigenvalue weighted by Crippen LogP contribution is 2.39. The van der Waals surface area contributed by atoms with Gasteiger partial charge in [-0.25, -0.2) is 15.0 Å². The van der Waals surface area contributed by atoms with Gasteiger partial charge in [0.25, 0.3) is 0 Å². The fourth-order valence-corrected chi connectivity index (χ4v) is 5.93. The van der Waals surface area contributed by atoms with Crippen molar-refractivity contribution >= 4 is 43.7 Å². The smallest absolute Gasteiger partial charge is 0.164 e. The molecule has 5 nitrogen and oxygen atoms in total. The van der Waals surface area contributed by atoms with Crippen molar-refractivity contribution < 1.29 is 9.90 Å². The molecule has 9 rings (SSSR count). The Labute approximate surface area is 258 Å². The Kier molecular flexibility index (Phi) is 4.60. The highest BCUT2D eigenvalue weighted by atomic mass is 16.3. The van der Waals surface area contributed by atoms with Crippen LogP contribution in [-0.2, 0) is 0 Å². The molecule has 3 heterocycles. The number of para-hydroxylation sites is 2. The molecular formula is C39H24N4O. The van der Waals surface area contributed by atoms with Gasteiger partial charge in [0, 0.05) is 32.8 Å². The quantitative estimate of drug-likeness (QED) is 0.212. The van der Waals surface area contributed by atoms with E-state index in [1.54, 1.807) is 6.07 Å². The van der Waals surface area contributed by atoms with E-state index in [9.17, 15) is 2.74 Å². The summed E-state index contributed by atoms with van der Waals surface area (Å²) in [5, 5.41) is 3.05. The van der Waals surface area contributed by atoms with Crippen molar-refractivity contribution in [3.63, 3.8) is 0 Å². The molecule has 0 N–H and O–H groups in total. The lowest BCUT2D eigenvalue weighted by atomic mass is 10.1. The predicted molar refractivity (Wildman–Crippen MR) is 178 cm³/mol. The van der Waals surface area contributed by atoms with Crippen LogP contribution < -0.4 is 0 Å². The number of fused-ring (bicyclic) bond motifs is 6. The molecule has 0 aliphatic heterocycles. The van der Waals surface area contributed by atoms with E-state index in [4.69, 9.17) is 22.1 Å². The van der Waals surface area contributed by atoms with Crippen LogP contribution in [0.15, 0.2) is 150 Å². The van der Waals surface area contributed by atoms with Gasteiger partial charge in [0.2, 0.25) is 0 Å². The normalized spacial score (nSPS) is 12.9. The van der Waals surface area contributed by atoms with Crippen molar-refractivity contribution in [3.05, 3.63) is 145 Å². The van der Waals surface area contributed by atoms with Gasteiger partial charge >= 0.3 is 0 Å². The van der Waals surface area contributed by atoms with E-state index in [0.29, 0.717) is 28.1 Å². The maximum atomic E-state index is 9.40. The van der Waals surface area contributed by atoms with Crippen molar-refractivity contribution in [2.24, 2.45) is 0 Å². The molecule has 44 heavy (non-hydrogen) atoms. The van der Waals surface area contributed by atoms with E-state index in [0.717, 1.165) is 32.9 Å². The van der Waals surface area contributed by atoms with Crippen LogP contribution in [0.3, 0.4) is 0 Å². The third-order valence-corrected chi connectivity index (χ3v) is 7.92. The van der Waals surface area contributed by atoms with Crippen LogP contribution in [0.1, 0.15) is 5.48 Å². The fourth-order valence-electron chi connectivity index (χ4n) is 5.93. The molecule has 0 spiro atoms. The number of nitrogens with zero attached hydrogens (tertiary/aromatic N) is 4. The summed E-state index contributed by atoms with van der Waals surface area (Å²) in [6.45, 7) is 0. The summed E-state index contributed by atoms with van der Waals surface area (Å²) < 4.78 is 45.0. The van der Waals surface area contributed by atoms with Gasteiger partial charge in [0.15, 0.2) is 17.5 Å². The molecule has 0 aliphatic carbocycles. The zero-order valence-electron chi connectivity index (χ0n) is 27.2. The second-order valence-electron chi connectivity index (χ2n) is 10.5. The van der Waals surface area contributed by atoms with E-state index >= 15 is 0 Å². The van der Waals surface area contributed by atoms with Crippen molar-refractivity contribution in [1.82, 2.24) is 19.5 Å². The molecule has 0 unspecified atom stereocenters. The van der Waals surface area contributed by atoms with Crippen molar-refractivity contribution in [1.29, 1.82) is 0 Å². The highest BCUT2D eigenvalue weighted by molar-refractivity contribution is 6.14. The lowest BCUT2D eigenvalue weighted by Crippen LogP contribution is -2.00. The minimum absolute atomic E-state index is 0.0227. The van der Waals surface area contributed by atoms with E-state index in [2.05, 4.69) is 12.1 Å². The summed E-state index contributed by atoms with van der Waals surface area (Å²) in [4.78, 5) is 14.3. The Bertz CT molecular complexity index is 2610. The molecule has 0 atom stereocenters. The van der Waals surface area contributed by atoms with Crippen LogP contribution in [0.4, 0.5) is 0 Å². The molecule has 6 aromatic carbocycles. The molecule has 0 bridgehead atoms. The largest absolute Gasteiger partial charge is 0.456 e. The molecule has 9 aromatic rings. The molecule has 0 saturated heterocycles. The van der Waals surface area contributed by atoms with Gasteiger partial charge in [-0.3, -0.25) is 0 Å². The summed E-state index contributed by atoms with van der Waals surface area (Å²) in [7, 11) is 0. The fraction of sp³-hybridized carbons (Fsp3) is 0. The molecule has 0 aliphatic rings. The van der Waals surface area contributed by atoms with Gasteiger partial charge in [-0.1, -0.05) is 109 Å². The van der Waals surface area contributed by atoms with Crippen LogP contribution in [-0.4, -0.2) is 19.5 Å².